The molecule has 0 spiro atoms. The minimum absolute atomic E-state index is 0.0342. The number of hydrogen-bond acceptors (Lipinski definition) is 3. The Morgan fingerprint density at radius 2 is 1.09 bits per heavy atom. The Balaban J connectivity index is 2.79. The van der Waals surface area contributed by atoms with Gasteiger partial charge < -0.3 is 8.85 Å². The fraction of sp³-hybridized carbons (Fsp3) is 0.944. The highest BCUT2D eigenvalue weighted by atomic mass is 28.4. The number of Topliss-reactive ketones (excluding diaryl/α,β-unsaturated/α-hetero) is 1. The van der Waals surface area contributed by atoms with E-state index in [9.17, 15) is 4.79 Å². The Kier molecular flexibility index (Phi) is 6.17. The standard InChI is InChI=1S/C18H38O3Si2/c1-17(2,3)22(7,8)20-15-11-14(19)12-16(13-15)21-23(9,10)18(4,5)6/h15-16H,11-13H2,1-10H3/t15-,16-/m0/s1. The first kappa shape index (κ1) is 21.1. The summed E-state index contributed by atoms with van der Waals surface area (Å²) in [5, 5.41) is 0.340. The minimum atomic E-state index is -1.84. The van der Waals surface area contributed by atoms with Gasteiger partial charge >= 0.3 is 0 Å². The monoisotopic (exact) mass is 358 g/mol. The maximum absolute atomic E-state index is 12.2. The number of hydrogen-bond donors (Lipinski definition) is 0. The molecule has 0 saturated heterocycles. The molecule has 2 atom stereocenters. The maximum atomic E-state index is 12.2. The molecular formula is C18H38O3Si2. The van der Waals surface area contributed by atoms with Crippen LogP contribution in [0.2, 0.25) is 36.3 Å². The number of rotatable bonds is 4. The zero-order valence-corrected chi connectivity index (χ0v) is 19.0. The van der Waals surface area contributed by atoms with E-state index in [0.29, 0.717) is 18.6 Å². The summed E-state index contributed by atoms with van der Waals surface area (Å²) >= 11 is 0. The van der Waals surface area contributed by atoms with Crippen molar-refractivity contribution >= 4 is 22.4 Å². The molecule has 1 aliphatic carbocycles. The predicted octanol–water partition coefficient (Wildman–Crippen LogP) is 5.52. The van der Waals surface area contributed by atoms with Gasteiger partial charge in [-0.1, -0.05) is 41.5 Å². The van der Waals surface area contributed by atoms with Crippen molar-refractivity contribution in [1.29, 1.82) is 0 Å². The number of carbonyl (C=O) groups is 1. The van der Waals surface area contributed by atoms with Crippen molar-refractivity contribution in [2.75, 3.05) is 0 Å². The van der Waals surface area contributed by atoms with Crippen molar-refractivity contribution in [2.24, 2.45) is 0 Å². The molecule has 136 valence electrons. The quantitative estimate of drug-likeness (QED) is 0.621. The van der Waals surface area contributed by atoms with Crippen LogP contribution in [0.15, 0.2) is 0 Å². The second-order valence-corrected chi connectivity index (χ2v) is 19.7. The molecule has 0 unspecified atom stereocenters. The van der Waals surface area contributed by atoms with Crippen molar-refractivity contribution < 1.29 is 13.6 Å². The molecule has 23 heavy (non-hydrogen) atoms. The molecule has 1 aliphatic rings. The fourth-order valence-corrected chi connectivity index (χ4v) is 5.15. The lowest BCUT2D eigenvalue weighted by Gasteiger charge is -2.44. The van der Waals surface area contributed by atoms with Crippen LogP contribution in [0.1, 0.15) is 60.8 Å². The smallest absolute Gasteiger partial charge is 0.192 e. The van der Waals surface area contributed by atoms with E-state index in [2.05, 4.69) is 67.7 Å². The molecule has 0 N–H and O–H groups in total. The molecule has 3 nitrogen and oxygen atoms in total. The summed E-state index contributed by atoms with van der Waals surface area (Å²) in [7, 11) is -3.69. The first-order valence-corrected chi connectivity index (χ1v) is 14.7. The zero-order valence-electron chi connectivity index (χ0n) is 17.0. The lowest BCUT2D eigenvalue weighted by atomic mass is 9.94. The van der Waals surface area contributed by atoms with Gasteiger partial charge in [0.05, 0.1) is 12.2 Å². The van der Waals surface area contributed by atoms with Crippen molar-refractivity contribution in [1.82, 2.24) is 0 Å². The third-order valence-electron chi connectivity index (χ3n) is 5.97. The van der Waals surface area contributed by atoms with Gasteiger partial charge in [0, 0.05) is 12.8 Å². The van der Waals surface area contributed by atoms with E-state index in [0.717, 1.165) is 6.42 Å². The topological polar surface area (TPSA) is 35.5 Å². The highest BCUT2D eigenvalue weighted by molar-refractivity contribution is 6.74. The maximum Gasteiger partial charge on any atom is 0.192 e. The molecule has 1 fully saturated rings. The molecule has 5 heteroatoms. The van der Waals surface area contributed by atoms with Gasteiger partial charge in [0.2, 0.25) is 0 Å². The first-order chi connectivity index (χ1) is 10.1. The summed E-state index contributed by atoms with van der Waals surface area (Å²) in [5.74, 6) is 0.295. The van der Waals surface area contributed by atoms with Crippen molar-refractivity contribution in [2.45, 2.75) is 109 Å². The molecule has 0 heterocycles. The minimum Gasteiger partial charge on any atom is -0.413 e. The van der Waals surface area contributed by atoms with Gasteiger partial charge in [0.25, 0.3) is 0 Å². The second kappa shape index (κ2) is 6.73. The van der Waals surface area contributed by atoms with E-state index in [4.69, 9.17) is 8.85 Å². The van der Waals surface area contributed by atoms with Gasteiger partial charge in [0.1, 0.15) is 5.78 Å². The Bertz CT molecular complexity index is 393. The van der Waals surface area contributed by atoms with Gasteiger partial charge in [-0.2, -0.15) is 0 Å². The summed E-state index contributed by atoms with van der Waals surface area (Å²) in [4.78, 5) is 12.2. The van der Waals surface area contributed by atoms with Gasteiger partial charge in [-0.05, 0) is 42.7 Å². The highest BCUT2D eigenvalue weighted by Crippen LogP contribution is 2.41. The summed E-state index contributed by atoms with van der Waals surface area (Å²) in [6.07, 6.45) is 2.05. The lowest BCUT2D eigenvalue weighted by molar-refractivity contribution is -0.126. The van der Waals surface area contributed by atoms with Crippen LogP contribution in [0, 0.1) is 0 Å². The molecule has 0 aromatic carbocycles. The normalized spacial score (nSPS) is 24.9. The van der Waals surface area contributed by atoms with Crippen LogP contribution in [0.4, 0.5) is 0 Å². The SMILES string of the molecule is CC(C)(C)[Si](C)(C)O[C@H]1CC(=O)C[C@H](O[Si](C)(C)C(C)(C)C)C1. The Hall–Kier alpha value is 0.0238. The van der Waals surface area contributed by atoms with Crippen molar-refractivity contribution in [3.63, 3.8) is 0 Å². The first-order valence-electron chi connectivity index (χ1n) is 8.92. The van der Waals surface area contributed by atoms with E-state index in [1.165, 1.54) is 0 Å². The van der Waals surface area contributed by atoms with E-state index >= 15 is 0 Å². The Morgan fingerprint density at radius 1 is 0.783 bits per heavy atom. The van der Waals surface area contributed by atoms with E-state index < -0.39 is 16.6 Å². The Labute approximate surface area is 145 Å². The molecule has 1 saturated carbocycles. The zero-order chi connectivity index (χ0) is 18.3. The largest absolute Gasteiger partial charge is 0.413 e. The summed E-state index contributed by atoms with van der Waals surface area (Å²) in [5.41, 5.74) is 0. The molecule has 0 amide bonds. The predicted molar refractivity (Wildman–Crippen MR) is 103 cm³/mol. The fourth-order valence-electron chi connectivity index (χ4n) is 2.42. The average Bonchev–Trinajstić information content (AvgIpc) is 2.22. The molecule has 0 radical (unpaired) electrons. The number of ketones is 1. The van der Waals surface area contributed by atoms with Crippen molar-refractivity contribution in [3.05, 3.63) is 0 Å². The van der Waals surface area contributed by atoms with Crippen LogP contribution in [-0.4, -0.2) is 34.6 Å². The van der Waals surface area contributed by atoms with Crippen LogP contribution < -0.4 is 0 Å². The molecule has 0 aromatic heterocycles. The van der Waals surface area contributed by atoms with Gasteiger partial charge in [0.15, 0.2) is 16.6 Å². The van der Waals surface area contributed by atoms with E-state index in [1.807, 2.05) is 0 Å². The van der Waals surface area contributed by atoms with Crippen LogP contribution in [0.25, 0.3) is 0 Å². The van der Waals surface area contributed by atoms with Gasteiger partial charge in [-0.15, -0.1) is 0 Å². The van der Waals surface area contributed by atoms with E-state index in [1.54, 1.807) is 0 Å². The highest BCUT2D eigenvalue weighted by Gasteiger charge is 2.44. The third-order valence-corrected chi connectivity index (χ3v) is 15.0. The van der Waals surface area contributed by atoms with Gasteiger partial charge in [-0.3, -0.25) is 4.79 Å². The van der Waals surface area contributed by atoms with Crippen LogP contribution in [0.3, 0.4) is 0 Å². The van der Waals surface area contributed by atoms with Gasteiger partial charge in [-0.25, -0.2) is 0 Å². The second-order valence-electron chi connectivity index (χ2n) is 10.2. The summed E-state index contributed by atoms with van der Waals surface area (Å²) in [6.45, 7) is 22.5. The average molecular weight is 359 g/mol. The molecule has 0 aliphatic heterocycles. The molecule has 0 aromatic rings. The molecule has 1 rings (SSSR count). The Morgan fingerprint density at radius 3 is 1.35 bits per heavy atom. The van der Waals surface area contributed by atoms with Crippen LogP contribution in [-0.2, 0) is 13.6 Å². The van der Waals surface area contributed by atoms with Crippen molar-refractivity contribution in [3.8, 4) is 0 Å². The van der Waals surface area contributed by atoms with E-state index in [-0.39, 0.29) is 22.3 Å². The summed E-state index contributed by atoms with van der Waals surface area (Å²) in [6, 6.07) is 0. The number of carbonyl (C=O) groups excluding carboxylic acids is 1. The van der Waals surface area contributed by atoms with Crippen LogP contribution >= 0.6 is 0 Å². The summed E-state index contributed by atoms with van der Waals surface area (Å²) < 4.78 is 13.0. The van der Waals surface area contributed by atoms with Crippen LogP contribution in [0.5, 0.6) is 0 Å². The molecular weight excluding hydrogens is 320 g/mol. The molecule has 0 bridgehead atoms. The lowest BCUT2D eigenvalue weighted by Crippen LogP contribution is -2.49. The third kappa shape index (κ3) is 5.51.